The zero-order valence-corrected chi connectivity index (χ0v) is 15.0. The molecule has 0 saturated heterocycles. The summed E-state index contributed by atoms with van der Waals surface area (Å²) in [6.07, 6.45) is 6.28. The number of benzene rings is 1. The summed E-state index contributed by atoms with van der Waals surface area (Å²) in [7, 11) is -3.49. The van der Waals surface area contributed by atoms with Crippen molar-refractivity contribution in [3.05, 3.63) is 30.3 Å². The van der Waals surface area contributed by atoms with E-state index in [0.717, 1.165) is 21.6 Å². The molecule has 7 heteroatoms. The smallest absolute Gasteiger partial charge is 0.240 e. The Morgan fingerprint density at radius 1 is 1.26 bits per heavy atom. The van der Waals surface area contributed by atoms with Crippen LogP contribution in [0.25, 0.3) is 0 Å². The summed E-state index contributed by atoms with van der Waals surface area (Å²) in [5.41, 5.74) is 0.505. The topological polar surface area (TPSA) is 66.5 Å². The van der Waals surface area contributed by atoms with E-state index in [4.69, 9.17) is 0 Å². The maximum absolute atomic E-state index is 12.0. The van der Waals surface area contributed by atoms with Crippen molar-refractivity contribution >= 4 is 33.4 Å². The minimum absolute atomic E-state index is 0.184. The molecule has 5 nitrogen and oxygen atoms in total. The summed E-state index contributed by atoms with van der Waals surface area (Å²) in [6.45, 7) is 0.392. The number of hydrogen-bond acceptors (Lipinski definition) is 4. The van der Waals surface area contributed by atoms with Gasteiger partial charge in [0.1, 0.15) is 6.54 Å². The third kappa shape index (κ3) is 6.06. The summed E-state index contributed by atoms with van der Waals surface area (Å²) in [4.78, 5) is 12.0. The number of carbonyl (C=O) groups excluding carboxylic acids is 1. The molecule has 1 fully saturated rings. The van der Waals surface area contributed by atoms with Crippen molar-refractivity contribution in [3.8, 4) is 0 Å². The second-order valence-electron chi connectivity index (χ2n) is 5.73. The second-order valence-corrected chi connectivity index (χ2v) is 9.05. The molecule has 128 valence electrons. The highest BCUT2D eigenvalue weighted by atomic mass is 32.2. The van der Waals surface area contributed by atoms with Crippen molar-refractivity contribution in [2.24, 2.45) is 0 Å². The summed E-state index contributed by atoms with van der Waals surface area (Å²) < 4.78 is 25.0. The van der Waals surface area contributed by atoms with Crippen molar-refractivity contribution in [1.29, 1.82) is 0 Å². The van der Waals surface area contributed by atoms with E-state index in [1.165, 1.54) is 25.7 Å². The van der Waals surface area contributed by atoms with Crippen LogP contribution in [0.5, 0.6) is 0 Å². The fraction of sp³-hybridized carbons (Fsp3) is 0.562. The SMILES string of the molecule is CS(=O)(=O)N(CC(=O)NCCSC1CCCC1)c1ccccc1. The summed E-state index contributed by atoms with van der Waals surface area (Å²) in [5, 5.41) is 3.54. The molecule has 0 bridgehead atoms. The maximum atomic E-state index is 12.0. The summed E-state index contributed by atoms with van der Waals surface area (Å²) >= 11 is 1.90. The number of thioether (sulfide) groups is 1. The Kier molecular flexibility index (Phi) is 6.77. The van der Waals surface area contributed by atoms with Gasteiger partial charge in [0.2, 0.25) is 15.9 Å². The normalized spacial score (nSPS) is 15.5. The molecule has 0 radical (unpaired) electrons. The van der Waals surface area contributed by atoms with Gasteiger partial charge in [0.25, 0.3) is 0 Å². The molecule has 0 aromatic heterocycles. The van der Waals surface area contributed by atoms with Crippen LogP contribution in [0.4, 0.5) is 5.69 Å². The highest BCUT2D eigenvalue weighted by Crippen LogP contribution is 2.28. The number of hydrogen-bond donors (Lipinski definition) is 1. The zero-order chi connectivity index (χ0) is 16.7. The van der Waals surface area contributed by atoms with E-state index < -0.39 is 10.0 Å². The van der Waals surface area contributed by atoms with Crippen LogP contribution in [0, 0.1) is 0 Å². The molecule has 1 saturated carbocycles. The van der Waals surface area contributed by atoms with Crippen molar-refractivity contribution in [2.75, 3.05) is 29.4 Å². The van der Waals surface area contributed by atoms with Gasteiger partial charge in [-0.1, -0.05) is 31.0 Å². The van der Waals surface area contributed by atoms with Crippen LogP contribution < -0.4 is 9.62 Å². The largest absolute Gasteiger partial charge is 0.354 e. The van der Waals surface area contributed by atoms with Crippen LogP contribution in [-0.2, 0) is 14.8 Å². The maximum Gasteiger partial charge on any atom is 0.240 e. The number of amides is 1. The van der Waals surface area contributed by atoms with Crippen molar-refractivity contribution in [3.63, 3.8) is 0 Å². The fourth-order valence-electron chi connectivity index (χ4n) is 2.65. The van der Waals surface area contributed by atoms with E-state index in [1.54, 1.807) is 24.3 Å². The van der Waals surface area contributed by atoms with Gasteiger partial charge in [-0.15, -0.1) is 0 Å². The molecular weight excluding hydrogens is 332 g/mol. The van der Waals surface area contributed by atoms with Gasteiger partial charge in [-0.2, -0.15) is 11.8 Å². The molecule has 1 aliphatic rings. The number of carbonyl (C=O) groups is 1. The Balaban J connectivity index is 1.81. The van der Waals surface area contributed by atoms with Crippen LogP contribution in [-0.4, -0.2) is 44.7 Å². The Hall–Kier alpha value is -1.21. The van der Waals surface area contributed by atoms with E-state index in [1.807, 2.05) is 17.8 Å². The Morgan fingerprint density at radius 3 is 2.52 bits per heavy atom. The van der Waals surface area contributed by atoms with Gasteiger partial charge in [-0.05, 0) is 25.0 Å². The molecular formula is C16H24N2O3S2. The van der Waals surface area contributed by atoms with E-state index >= 15 is 0 Å². The number of para-hydroxylation sites is 1. The van der Waals surface area contributed by atoms with Crippen LogP contribution in [0.2, 0.25) is 0 Å². The Labute approximate surface area is 142 Å². The van der Waals surface area contributed by atoms with Gasteiger partial charge in [0, 0.05) is 17.5 Å². The quantitative estimate of drug-likeness (QED) is 0.726. The number of anilines is 1. The van der Waals surface area contributed by atoms with Gasteiger partial charge >= 0.3 is 0 Å². The third-order valence-electron chi connectivity index (χ3n) is 3.81. The number of nitrogens with zero attached hydrogens (tertiary/aromatic N) is 1. The molecule has 0 heterocycles. The molecule has 2 rings (SSSR count). The monoisotopic (exact) mass is 356 g/mol. The lowest BCUT2D eigenvalue weighted by Gasteiger charge is -2.21. The zero-order valence-electron chi connectivity index (χ0n) is 13.4. The lowest BCUT2D eigenvalue weighted by Crippen LogP contribution is -2.41. The predicted octanol–water partition coefficient (Wildman–Crippen LogP) is 2.24. The van der Waals surface area contributed by atoms with Gasteiger partial charge in [0.15, 0.2) is 0 Å². The highest BCUT2D eigenvalue weighted by molar-refractivity contribution is 7.99. The molecule has 0 aliphatic heterocycles. The van der Waals surface area contributed by atoms with Crippen molar-refractivity contribution in [2.45, 2.75) is 30.9 Å². The third-order valence-corrected chi connectivity index (χ3v) is 6.33. The summed E-state index contributed by atoms with van der Waals surface area (Å²) in [5.74, 6) is 0.604. The van der Waals surface area contributed by atoms with Crippen LogP contribution >= 0.6 is 11.8 Å². The van der Waals surface area contributed by atoms with Crippen molar-refractivity contribution in [1.82, 2.24) is 5.32 Å². The lowest BCUT2D eigenvalue weighted by molar-refractivity contribution is -0.119. The Morgan fingerprint density at radius 2 is 1.91 bits per heavy atom. The minimum Gasteiger partial charge on any atom is -0.354 e. The van der Waals surface area contributed by atoms with Gasteiger partial charge in [0.05, 0.1) is 11.9 Å². The Bertz CT molecular complexity index is 599. The first-order chi connectivity index (χ1) is 11.0. The molecule has 1 aliphatic carbocycles. The molecule has 0 spiro atoms. The van der Waals surface area contributed by atoms with Crippen LogP contribution in [0.15, 0.2) is 30.3 Å². The second kappa shape index (κ2) is 8.59. The molecule has 1 aromatic rings. The van der Waals surface area contributed by atoms with Gasteiger partial charge in [-0.3, -0.25) is 9.10 Å². The minimum atomic E-state index is -3.49. The number of nitrogens with one attached hydrogen (secondary N) is 1. The molecule has 0 unspecified atom stereocenters. The molecule has 23 heavy (non-hydrogen) atoms. The number of rotatable bonds is 8. The highest BCUT2D eigenvalue weighted by Gasteiger charge is 2.20. The van der Waals surface area contributed by atoms with Gasteiger partial charge < -0.3 is 5.32 Å². The summed E-state index contributed by atoms with van der Waals surface area (Å²) in [6, 6.07) is 8.69. The van der Waals surface area contributed by atoms with Gasteiger partial charge in [-0.25, -0.2) is 8.42 Å². The fourth-order valence-corrected chi connectivity index (χ4v) is 4.73. The van der Waals surface area contributed by atoms with E-state index in [2.05, 4.69) is 5.32 Å². The van der Waals surface area contributed by atoms with E-state index in [9.17, 15) is 13.2 Å². The average molecular weight is 357 g/mol. The van der Waals surface area contributed by atoms with E-state index in [-0.39, 0.29) is 12.5 Å². The predicted molar refractivity (Wildman–Crippen MR) is 96.4 cm³/mol. The first-order valence-electron chi connectivity index (χ1n) is 7.88. The molecule has 1 N–H and O–H groups in total. The molecule has 1 aromatic carbocycles. The lowest BCUT2D eigenvalue weighted by atomic mass is 10.3. The number of sulfonamides is 1. The van der Waals surface area contributed by atoms with Crippen molar-refractivity contribution < 1.29 is 13.2 Å². The first kappa shape index (κ1) is 18.1. The molecule has 1 amide bonds. The standard InChI is InChI=1S/C16H24N2O3S2/c1-23(20,21)18(14-7-3-2-4-8-14)13-16(19)17-11-12-22-15-9-5-6-10-15/h2-4,7-8,15H,5-6,9-13H2,1H3,(H,17,19). The van der Waals surface area contributed by atoms with E-state index in [0.29, 0.717) is 12.2 Å². The van der Waals surface area contributed by atoms with Crippen LogP contribution in [0.3, 0.4) is 0 Å². The first-order valence-corrected chi connectivity index (χ1v) is 10.8. The van der Waals surface area contributed by atoms with Crippen LogP contribution in [0.1, 0.15) is 25.7 Å². The average Bonchev–Trinajstić information content (AvgIpc) is 3.02. The molecule has 0 atom stereocenters.